The molecule has 0 fully saturated rings. The van der Waals surface area contributed by atoms with Crippen LogP contribution in [0.25, 0.3) is 22.0 Å². The highest BCUT2D eigenvalue weighted by atomic mass is 16.4. The van der Waals surface area contributed by atoms with Crippen LogP contribution in [0.2, 0.25) is 0 Å². The maximum Gasteiger partial charge on any atom is 0.340 e. The molecular formula is C22H18N4O3. The molecule has 2 aromatic heterocycles. The lowest BCUT2D eigenvalue weighted by Gasteiger charge is -2.16. The summed E-state index contributed by atoms with van der Waals surface area (Å²) in [6.45, 7) is 2.09. The number of hydrogen-bond acceptors (Lipinski definition) is 5. The van der Waals surface area contributed by atoms with Crippen molar-refractivity contribution >= 4 is 28.1 Å². The number of hydrogen-bond donors (Lipinski definition) is 2. The van der Waals surface area contributed by atoms with E-state index < -0.39 is 11.5 Å². The minimum atomic E-state index is -1.23. The van der Waals surface area contributed by atoms with Crippen LogP contribution in [0.4, 0.5) is 11.4 Å². The Bertz CT molecular complexity index is 1260. The summed E-state index contributed by atoms with van der Waals surface area (Å²) in [6, 6.07) is 16.5. The van der Waals surface area contributed by atoms with Crippen molar-refractivity contribution in [3.8, 4) is 11.3 Å². The summed E-state index contributed by atoms with van der Waals surface area (Å²) in [7, 11) is 0. The molecular weight excluding hydrogens is 368 g/mol. The van der Waals surface area contributed by atoms with Crippen molar-refractivity contribution in [3.63, 3.8) is 0 Å². The van der Waals surface area contributed by atoms with Crippen molar-refractivity contribution in [1.29, 1.82) is 0 Å². The number of benzene rings is 2. The van der Waals surface area contributed by atoms with Gasteiger partial charge >= 0.3 is 5.97 Å². The van der Waals surface area contributed by atoms with Crippen LogP contribution in [0.1, 0.15) is 17.3 Å². The number of fused-ring (bicyclic) bond motifs is 1. The molecule has 4 rings (SSSR count). The second-order valence-electron chi connectivity index (χ2n) is 6.42. The minimum Gasteiger partial charge on any atom is -0.478 e. The summed E-state index contributed by atoms with van der Waals surface area (Å²) in [5.41, 5.74) is 0.694. The Morgan fingerprint density at radius 2 is 1.79 bits per heavy atom. The molecule has 0 radical (unpaired) electrons. The van der Waals surface area contributed by atoms with E-state index >= 15 is 0 Å². The third-order valence-electron chi connectivity index (χ3n) is 4.64. The van der Waals surface area contributed by atoms with Crippen LogP contribution in [0.3, 0.4) is 0 Å². The Kier molecular flexibility index (Phi) is 4.78. The van der Waals surface area contributed by atoms with E-state index in [9.17, 15) is 14.7 Å². The van der Waals surface area contributed by atoms with Crippen molar-refractivity contribution in [2.75, 3.05) is 5.32 Å². The van der Waals surface area contributed by atoms with Crippen LogP contribution in [-0.4, -0.2) is 25.8 Å². The molecule has 0 aliphatic carbocycles. The number of aryl methyl sites for hydroxylation is 1. The molecule has 2 heterocycles. The molecule has 0 unspecified atom stereocenters. The van der Waals surface area contributed by atoms with E-state index in [0.29, 0.717) is 17.8 Å². The zero-order chi connectivity index (χ0) is 20.4. The fraction of sp³-hybridized carbons (Fsp3) is 0.0909. The second kappa shape index (κ2) is 7.55. The molecule has 2 aromatic carbocycles. The molecule has 144 valence electrons. The summed E-state index contributed by atoms with van der Waals surface area (Å²) in [5, 5.41) is 19.0. The van der Waals surface area contributed by atoms with Gasteiger partial charge in [0.2, 0.25) is 0 Å². The van der Waals surface area contributed by atoms with Crippen molar-refractivity contribution in [2.45, 2.75) is 13.5 Å². The normalized spacial score (nSPS) is 10.8. The first kappa shape index (κ1) is 18.4. The van der Waals surface area contributed by atoms with Gasteiger partial charge in [-0.2, -0.15) is 5.10 Å². The van der Waals surface area contributed by atoms with Gasteiger partial charge in [0.1, 0.15) is 16.9 Å². The molecule has 0 bridgehead atoms. The average Bonchev–Trinajstić information content (AvgIpc) is 2.75. The third kappa shape index (κ3) is 3.34. The van der Waals surface area contributed by atoms with Crippen LogP contribution in [0.15, 0.2) is 71.8 Å². The van der Waals surface area contributed by atoms with E-state index in [-0.39, 0.29) is 16.9 Å². The monoisotopic (exact) mass is 386 g/mol. The van der Waals surface area contributed by atoms with Crippen LogP contribution in [-0.2, 0) is 6.54 Å². The largest absolute Gasteiger partial charge is 0.478 e. The van der Waals surface area contributed by atoms with Gasteiger partial charge in [-0.1, -0.05) is 54.6 Å². The average molecular weight is 386 g/mol. The number of carboxylic acids is 1. The van der Waals surface area contributed by atoms with Crippen LogP contribution >= 0.6 is 0 Å². The van der Waals surface area contributed by atoms with Gasteiger partial charge in [-0.05, 0) is 6.92 Å². The molecule has 0 saturated carbocycles. The van der Waals surface area contributed by atoms with Crippen LogP contribution in [0.5, 0.6) is 0 Å². The van der Waals surface area contributed by atoms with Crippen molar-refractivity contribution in [2.24, 2.45) is 0 Å². The van der Waals surface area contributed by atoms with E-state index in [1.54, 1.807) is 43.6 Å². The molecule has 0 amide bonds. The maximum atomic E-state index is 13.0. The lowest BCUT2D eigenvalue weighted by Crippen LogP contribution is -2.28. The van der Waals surface area contributed by atoms with Crippen molar-refractivity contribution < 1.29 is 9.90 Å². The van der Waals surface area contributed by atoms with Crippen molar-refractivity contribution in [1.82, 2.24) is 14.8 Å². The number of carbonyl (C=O) groups is 1. The number of anilines is 2. The van der Waals surface area contributed by atoms with Crippen molar-refractivity contribution in [3.05, 3.63) is 82.9 Å². The first-order chi connectivity index (χ1) is 14.1. The predicted octanol–water partition coefficient (Wildman–Crippen LogP) is 3.92. The number of nitrogens with one attached hydrogen (secondary N) is 1. The fourth-order valence-corrected chi connectivity index (χ4v) is 3.26. The van der Waals surface area contributed by atoms with E-state index in [0.717, 1.165) is 10.8 Å². The first-order valence-corrected chi connectivity index (χ1v) is 9.13. The Morgan fingerprint density at radius 1 is 1.07 bits per heavy atom. The molecule has 0 atom stereocenters. The number of rotatable bonds is 5. The van der Waals surface area contributed by atoms with E-state index in [1.165, 1.54) is 4.68 Å². The number of nitrogens with zero attached hydrogens (tertiary/aromatic N) is 3. The fourth-order valence-electron chi connectivity index (χ4n) is 3.26. The summed E-state index contributed by atoms with van der Waals surface area (Å²) in [6.07, 6.45) is 3.29. The van der Waals surface area contributed by atoms with Gasteiger partial charge in [-0.15, -0.1) is 0 Å². The molecule has 0 aliphatic rings. The molecule has 4 aromatic rings. The number of pyridine rings is 1. The third-order valence-corrected chi connectivity index (χ3v) is 4.64. The van der Waals surface area contributed by atoms with E-state index in [1.807, 2.05) is 30.3 Å². The topological polar surface area (TPSA) is 97.1 Å². The highest BCUT2D eigenvalue weighted by Crippen LogP contribution is 2.29. The van der Waals surface area contributed by atoms with Gasteiger partial charge < -0.3 is 10.4 Å². The minimum absolute atomic E-state index is 0.0358. The summed E-state index contributed by atoms with van der Waals surface area (Å²) in [5.74, 6) is -1.23. The van der Waals surface area contributed by atoms with Gasteiger partial charge in [0, 0.05) is 29.1 Å². The number of carboxylic acid groups (broad SMARTS) is 1. The number of aromatic nitrogens is 3. The SMILES string of the molecule is CCn1nc(-c2ccccc2)c(C(=O)O)c(Nc2cncc3ccccc23)c1=O. The molecule has 0 saturated heterocycles. The first-order valence-electron chi connectivity index (χ1n) is 9.13. The Labute approximate surface area is 166 Å². The van der Waals surface area contributed by atoms with E-state index in [2.05, 4.69) is 15.4 Å². The van der Waals surface area contributed by atoms with Gasteiger partial charge in [0.25, 0.3) is 5.56 Å². The summed E-state index contributed by atoms with van der Waals surface area (Å²) >= 11 is 0. The lowest BCUT2D eigenvalue weighted by atomic mass is 10.0. The lowest BCUT2D eigenvalue weighted by molar-refractivity contribution is 0.0698. The highest BCUT2D eigenvalue weighted by Gasteiger charge is 2.24. The molecule has 2 N–H and O–H groups in total. The Balaban J connectivity index is 1.99. The van der Waals surface area contributed by atoms with E-state index in [4.69, 9.17) is 0 Å². The van der Waals surface area contributed by atoms with Gasteiger partial charge in [-0.3, -0.25) is 9.78 Å². The standard InChI is InChI=1S/C22H18N4O3/c1-2-26-21(27)20(24-17-13-23-12-15-10-6-7-11-16(15)17)18(22(28)29)19(25-26)14-8-4-3-5-9-14/h3-13,24H,2H2,1H3,(H,28,29). The van der Waals surface area contributed by atoms with Gasteiger partial charge in [-0.25, -0.2) is 9.48 Å². The van der Waals surface area contributed by atoms with Gasteiger partial charge in [0.15, 0.2) is 0 Å². The summed E-state index contributed by atoms with van der Waals surface area (Å²) < 4.78 is 1.26. The zero-order valence-corrected chi connectivity index (χ0v) is 15.7. The van der Waals surface area contributed by atoms with Crippen LogP contribution < -0.4 is 10.9 Å². The Hall–Kier alpha value is -4.00. The maximum absolute atomic E-state index is 13.0. The van der Waals surface area contributed by atoms with Gasteiger partial charge in [0.05, 0.1) is 11.9 Å². The second-order valence-corrected chi connectivity index (χ2v) is 6.42. The number of aromatic carboxylic acids is 1. The molecule has 7 heteroatoms. The zero-order valence-electron chi connectivity index (χ0n) is 15.7. The summed E-state index contributed by atoms with van der Waals surface area (Å²) in [4.78, 5) is 29.4. The highest BCUT2D eigenvalue weighted by molar-refractivity contribution is 6.03. The smallest absolute Gasteiger partial charge is 0.340 e. The molecule has 0 spiro atoms. The molecule has 0 aliphatic heterocycles. The quantitative estimate of drug-likeness (QED) is 0.540. The molecule has 29 heavy (non-hydrogen) atoms. The van der Waals surface area contributed by atoms with Crippen LogP contribution in [0, 0.1) is 0 Å². The predicted molar refractivity (Wildman–Crippen MR) is 112 cm³/mol. The Morgan fingerprint density at radius 3 is 2.52 bits per heavy atom. The molecule has 7 nitrogen and oxygen atoms in total.